The quantitative estimate of drug-likeness (QED) is 0.490. The largest absolute Gasteiger partial charge is 0.390 e. The van der Waals surface area contributed by atoms with Crippen molar-refractivity contribution in [2.75, 3.05) is 5.88 Å². The molecule has 0 heterocycles. The lowest BCUT2D eigenvalue weighted by molar-refractivity contribution is -0.385. The molecule has 2 atom stereocenters. The molecule has 5 nitrogen and oxygen atoms in total. The van der Waals surface area contributed by atoms with Gasteiger partial charge in [0.25, 0.3) is 5.69 Å². The highest BCUT2D eigenvalue weighted by Gasteiger charge is 2.25. The summed E-state index contributed by atoms with van der Waals surface area (Å²) in [6.07, 6.45) is -2.74. The second kappa shape index (κ2) is 6.08. The summed E-state index contributed by atoms with van der Waals surface area (Å²) in [6, 6.07) is 1.90. The third-order valence-electron chi connectivity index (χ3n) is 2.60. The van der Waals surface area contributed by atoms with Crippen LogP contribution in [0.2, 0.25) is 0 Å². The first-order chi connectivity index (χ1) is 8.38. The van der Waals surface area contributed by atoms with Crippen molar-refractivity contribution in [1.29, 1.82) is 0 Å². The van der Waals surface area contributed by atoms with Gasteiger partial charge in [0.2, 0.25) is 0 Å². The third kappa shape index (κ3) is 3.16. The average molecular weight is 278 g/mol. The topological polar surface area (TPSA) is 83.6 Å². The molecule has 0 saturated heterocycles. The molecular weight excluding hydrogens is 265 g/mol. The zero-order chi connectivity index (χ0) is 13.9. The highest BCUT2D eigenvalue weighted by molar-refractivity contribution is 6.17. The third-order valence-corrected chi connectivity index (χ3v) is 2.82. The maximum Gasteiger partial charge on any atom is 0.272 e. The smallest absolute Gasteiger partial charge is 0.272 e. The van der Waals surface area contributed by atoms with Crippen molar-refractivity contribution >= 4 is 17.3 Å². The molecule has 1 aromatic rings. The number of hydrogen-bond acceptors (Lipinski definition) is 4. The van der Waals surface area contributed by atoms with E-state index in [0.29, 0.717) is 0 Å². The molecule has 0 spiro atoms. The van der Waals surface area contributed by atoms with Gasteiger partial charge >= 0.3 is 0 Å². The van der Waals surface area contributed by atoms with Gasteiger partial charge < -0.3 is 10.2 Å². The number of halogens is 2. The number of aryl methyl sites for hydroxylation is 1. The summed E-state index contributed by atoms with van der Waals surface area (Å²) in [6.45, 7) is 1.40. The molecule has 1 aromatic carbocycles. The molecule has 7 heteroatoms. The van der Waals surface area contributed by atoms with E-state index in [9.17, 15) is 24.7 Å². The molecule has 2 N–H and O–H groups in total. The van der Waals surface area contributed by atoms with Crippen LogP contribution in [0.5, 0.6) is 0 Å². The van der Waals surface area contributed by atoms with Crippen LogP contribution in [0.15, 0.2) is 12.1 Å². The number of alkyl halides is 1. The Balaban J connectivity index is 3.15. The molecule has 0 saturated carbocycles. The molecule has 0 aliphatic carbocycles. The van der Waals surface area contributed by atoms with Crippen LogP contribution in [0.4, 0.5) is 10.1 Å². The summed E-state index contributed by atoms with van der Waals surface area (Å²) < 4.78 is 13.6. The number of nitro benzene ring substituents is 1. The average Bonchev–Trinajstić information content (AvgIpc) is 2.28. The van der Waals surface area contributed by atoms with Crippen LogP contribution in [-0.4, -0.2) is 27.1 Å². The van der Waals surface area contributed by atoms with Crippen LogP contribution in [0.3, 0.4) is 0 Å². The normalized spacial score (nSPS) is 14.3. The van der Waals surface area contributed by atoms with Crippen LogP contribution < -0.4 is 0 Å². The molecule has 0 amide bonds. The van der Waals surface area contributed by atoms with Gasteiger partial charge in [-0.1, -0.05) is 0 Å². The first-order valence-corrected chi connectivity index (χ1v) is 5.78. The lowest BCUT2D eigenvalue weighted by atomic mass is 9.99. The van der Waals surface area contributed by atoms with Gasteiger partial charge in [0.1, 0.15) is 11.9 Å². The Morgan fingerprint density at radius 1 is 1.50 bits per heavy atom. The molecule has 2 unspecified atom stereocenters. The lowest BCUT2D eigenvalue weighted by Gasteiger charge is -2.18. The molecule has 18 heavy (non-hydrogen) atoms. The Labute approximate surface area is 108 Å². The predicted molar refractivity (Wildman–Crippen MR) is 64.1 cm³/mol. The second-order valence-corrected chi connectivity index (χ2v) is 4.29. The Bertz CT molecular complexity index is 455. The van der Waals surface area contributed by atoms with Gasteiger partial charge in [-0.2, -0.15) is 0 Å². The Morgan fingerprint density at radius 2 is 2.11 bits per heavy atom. The fourth-order valence-corrected chi connectivity index (χ4v) is 1.80. The highest BCUT2D eigenvalue weighted by Crippen LogP contribution is 2.28. The molecule has 0 aliphatic heterocycles. The highest BCUT2D eigenvalue weighted by atomic mass is 35.5. The first kappa shape index (κ1) is 14.8. The van der Waals surface area contributed by atoms with Crippen molar-refractivity contribution in [1.82, 2.24) is 0 Å². The molecule has 0 radical (unpaired) electrons. The van der Waals surface area contributed by atoms with E-state index in [1.807, 2.05) is 0 Å². The molecule has 0 fully saturated rings. The standard InChI is InChI=1S/C11H13ClFNO4/c1-6-4-8(13)7(5-9(6)14(17)18)11(16)10(15)2-3-12/h4-5,10-11,15-16H,2-3H2,1H3. The van der Waals surface area contributed by atoms with Crippen molar-refractivity contribution in [3.63, 3.8) is 0 Å². The SMILES string of the molecule is Cc1cc(F)c(C(O)C(O)CCCl)cc1[N+](=O)[O-]. The fourth-order valence-electron chi connectivity index (χ4n) is 1.58. The molecular formula is C11H13ClFNO4. The first-order valence-electron chi connectivity index (χ1n) is 5.25. The van der Waals surface area contributed by atoms with Crippen LogP contribution in [0.1, 0.15) is 23.7 Å². The number of nitrogens with zero attached hydrogens (tertiary/aromatic N) is 1. The van der Waals surface area contributed by atoms with Gasteiger partial charge in [0, 0.05) is 23.1 Å². The minimum atomic E-state index is -1.54. The summed E-state index contributed by atoms with van der Waals surface area (Å²) in [5.41, 5.74) is -0.450. The van der Waals surface area contributed by atoms with E-state index in [4.69, 9.17) is 11.6 Å². The van der Waals surface area contributed by atoms with Gasteiger partial charge in [-0.25, -0.2) is 4.39 Å². The fraction of sp³-hybridized carbons (Fsp3) is 0.455. The second-order valence-electron chi connectivity index (χ2n) is 3.91. The van der Waals surface area contributed by atoms with E-state index in [2.05, 4.69) is 0 Å². The minimum Gasteiger partial charge on any atom is -0.390 e. The Hall–Kier alpha value is -1.24. The van der Waals surface area contributed by atoms with Crippen molar-refractivity contribution in [2.45, 2.75) is 25.6 Å². The molecule has 100 valence electrons. The van der Waals surface area contributed by atoms with Crippen LogP contribution in [0, 0.1) is 22.9 Å². The number of aliphatic hydroxyl groups is 2. The number of benzene rings is 1. The van der Waals surface area contributed by atoms with Gasteiger partial charge in [0.15, 0.2) is 0 Å². The lowest BCUT2D eigenvalue weighted by Crippen LogP contribution is -2.20. The van der Waals surface area contributed by atoms with Crippen molar-refractivity contribution < 1.29 is 19.5 Å². The number of aliphatic hydroxyl groups excluding tert-OH is 2. The van der Waals surface area contributed by atoms with E-state index in [1.54, 1.807) is 0 Å². The van der Waals surface area contributed by atoms with Crippen LogP contribution in [0.25, 0.3) is 0 Å². The van der Waals surface area contributed by atoms with Gasteiger partial charge in [0.05, 0.1) is 11.0 Å². The van der Waals surface area contributed by atoms with Crippen LogP contribution in [-0.2, 0) is 0 Å². The van der Waals surface area contributed by atoms with E-state index >= 15 is 0 Å². The molecule has 0 aliphatic rings. The van der Waals surface area contributed by atoms with E-state index in [-0.39, 0.29) is 29.1 Å². The monoisotopic (exact) mass is 277 g/mol. The molecule has 0 aromatic heterocycles. The van der Waals surface area contributed by atoms with Gasteiger partial charge in [-0.15, -0.1) is 11.6 Å². The number of nitro groups is 1. The Kier molecular flexibility index (Phi) is 5.01. The van der Waals surface area contributed by atoms with E-state index in [0.717, 1.165) is 12.1 Å². The van der Waals surface area contributed by atoms with Crippen molar-refractivity contribution in [3.05, 3.63) is 39.2 Å². The van der Waals surface area contributed by atoms with Crippen molar-refractivity contribution in [2.24, 2.45) is 0 Å². The van der Waals surface area contributed by atoms with Gasteiger partial charge in [-0.3, -0.25) is 10.1 Å². The minimum absolute atomic E-state index is 0.0594. The zero-order valence-corrected chi connectivity index (χ0v) is 10.4. The number of rotatable bonds is 5. The van der Waals surface area contributed by atoms with E-state index in [1.165, 1.54) is 6.92 Å². The zero-order valence-electron chi connectivity index (χ0n) is 9.64. The molecule has 0 bridgehead atoms. The Morgan fingerprint density at radius 3 is 2.61 bits per heavy atom. The predicted octanol–water partition coefficient (Wildman–Crippen LogP) is 2.07. The van der Waals surface area contributed by atoms with Gasteiger partial charge in [-0.05, 0) is 19.4 Å². The maximum atomic E-state index is 13.6. The van der Waals surface area contributed by atoms with E-state index < -0.39 is 22.9 Å². The maximum absolute atomic E-state index is 13.6. The molecule has 1 rings (SSSR count). The number of hydrogen-bond donors (Lipinski definition) is 2. The summed E-state index contributed by atoms with van der Waals surface area (Å²) in [5, 5.41) is 30.0. The summed E-state index contributed by atoms with van der Waals surface area (Å²) in [5.74, 6) is -0.701. The summed E-state index contributed by atoms with van der Waals surface area (Å²) >= 11 is 5.40. The van der Waals surface area contributed by atoms with Crippen molar-refractivity contribution in [3.8, 4) is 0 Å². The summed E-state index contributed by atoms with van der Waals surface area (Å²) in [4.78, 5) is 10.1. The van der Waals surface area contributed by atoms with Crippen LogP contribution >= 0.6 is 11.6 Å². The summed E-state index contributed by atoms with van der Waals surface area (Å²) in [7, 11) is 0.